The summed E-state index contributed by atoms with van der Waals surface area (Å²) in [7, 11) is 0. The summed E-state index contributed by atoms with van der Waals surface area (Å²) in [6, 6.07) is 4.24. The fraction of sp³-hybridized carbons (Fsp3) is 0. The summed E-state index contributed by atoms with van der Waals surface area (Å²) in [6.45, 7) is 0. The maximum Gasteiger partial charge on any atom is 0.326 e. The summed E-state index contributed by atoms with van der Waals surface area (Å²) >= 11 is 3.24. The Balaban J connectivity index is 2.39. The van der Waals surface area contributed by atoms with E-state index in [9.17, 15) is 14.7 Å². The van der Waals surface area contributed by atoms with E-state index in [1.807, 2.05) is 0 Å². The molecule has 1 aromatic rings. The standard InChI is InChI=1S/C10H7BrN2O3/c11-6-1-2-8(14)5(3-6)4-7-9(15)13-10(16)12-7/h1-4,14H,(H2,12,13,15,16)/b7-4+. The van der Waals surface area contributed by atoms with Crippen LogP contribution in [0.1, 0.15) is 5.56 Å². The Kier molecular flexibility index (Phi) is 2.66. The first-order chi connectivity index (χ1) is 7.56. The van der Waals surface area contributed by atoms with Crippen molar-refractivity contribution in [2.45, 2.75) is 0 Å². The van der Waals surface area contributed by atoms with Crippen LogP contribution < -0.4 is 10.6 Å². The number of nitrogens with one attached hydrogen (secondary N) is 2. The van der Waals surface area contributed by atoms with Crippen LogP contribution in [0.2, 0.25) is 0 Å². The molecule has 1 aliphatic rings. The third-order valence-electron chi connectivity index (χ3n) is 2.01. The van der Waals surface area contributed by atoms with E-state index in [-0.39, 0.29) is 11.4 Å². The van der Waals surface area contributed by atoms with E-state index < -0.39 is 11.9 Å². The first-order valence-corrected chi connectivity index (χ1v) is 5.18. The maximum atomic E-state index is 11.2. The second-order valence-corrected chi connectivity index (χ2v) is 4.09. The molecular formula is C10H7BrN2O3. The number of phenols is 1. The number of carbonyl (C=O) groups excluding carboxylic acids is 2. The number of amides is 3. The van der Waals surface area contributed by atoms with E-state index in [0.717, 1.165) is 4.47 Å². The van der Waals surface area contributed by atoms with Gasteiger partial charge in [-0.05, 0) is 24.3 Å². The third kappa shape index (κ3) is 2.06. The zero-order chi connectivity index (χ0) is 11.7. The number of imide groups is 1. The van der Waals surface area contributed by atoms with E-state index in [4.69, 9.17) is 0 Å². The minimum absolute atomic E-state index is 0.0321. The number of hydrogen-bond donors (Lipinski definition) is 3. The minimum Gasteiger partial charge on any atom is -0.507 e. The molecule has 0 saturated carbocycles. The van der Waals surface area contributed by atoms with Gasteiger partial charge in [0.1, 0.15) is 11.4 Å². The summed E-state index contributed by atoms with van der Waals surface area (Å²) in [6.07, 6.45) is 1.40. The second kappa shape index (κ2) is 3.97. The molecule has 0 aromatic heterocycles. The molecule has 0 atom stereocenters. The molecule has 0 unspecified atom stereocenters. The van der Waals surface area contributed by atoms with Gasteiger partial charge < -0.3 is 10.4 Å². The third-order valence-corrected chi connectivity index (χ3v) is 2.50. The lowest BCUT2D eigenvalue weighted by Gasteiger charge is -2.00. The monoisotopic (exact) mass is 282 g/mol. The number of hydrogen-bond acceptors (Lipinski definition) is 3. The van der Waals surface area contributed by atoms with Gasteiger partial charge in [-0.3, -0.25) is 10.1 Å². The lowest BCUT2D eigenvalue weighted by atomic mass is 10.1. The largest absolute Gasteiger partial charge is 0.507 e. The molecule has 1 heterocycles. The van der Waals surface area contributed by atoms with Crippen molar-refractivity contribution < 1.29 is 14.7 Å². The fourth-order valence-electron chi connectivity index (χ4n) is 1.28. The molecule has 3 N–H and O–H groups in total. The zero-order valence-corrected chi connectivity index (χ0v) is 9.54. The van der Waals surface area contributed by atoms with E-state index in [2.05, 4.69) is 26.6 Å². The fourth-order valence-corrected chi connectivity index (χ4v) is 1.66. The Morgan fingerprint density at radius 3 is 2.62 bits per heavy atom. The Morgan fingerprint density at radius 1 is 1.25 bits per heavy atom. The van der Waals surface area contributed by atoms with Crippen molar-refractivity contribution >= 4 is 33.9 Å². The van der Waals surface area contributed by atoms with Crippen LogP contribution in [0.4, 0.5) is 4.79 Å². The average Bonchev–Trinajstić information content (AvgIpc) is 2.51. The normalized spacial score (nSPS) is 17.4. The van der Waals surface area contributed by atoms with Gasteiger partial charge >= 0.3 is 6.03 Å². The number of benzene rings is 1. The first-order valence-electron chi connectivity index (χ1n) is 4.39. The van der Waals surface area contributed by atoms with Crippen molar-refractivity contribution in [3.63, 3.8) is 0 Å². The Bertz CT molecular complexity index is 511. The van der Waals surface area contributed by atoms with Crippen LogP contribution in [0.25, 0.3) is 6.08 Å². The quantitative estimate of drug-likeness (QED) is 0.537. The molecule has 0 radical (unpaired) electrons. The summed E-state index contributed by atoms with van der Waals surface area (Å²) in [5, 5.41) is 13.9. The molecular weight excluding hydrogens is 276 g/mol. The van der Waals surface area contributed by atoms with Gasteiger partial charge in [-0.1, -0.05) is 15.9 Å². The van der Waals surface area contributed by atoms with Crippen LogP contribution in [0.15, 0.2) is 28.4 Å². The van der Waals surface area contributed by atoms with Crippen molar-refractivity contribution in [3.05, 3.63) is 33.9 Å². The molecule has 0 spiro atoms. The van der Waals surface area contributed by atoms with Crippen molar-refractivity contribution in [1.82, 2.24) is 10.6 Å². The lowest BCUT2D eigenvalue weighted by molar-refractivity contribution is -0.115. The Hall–Kier alpha value is -1.82. The SMILES string of the molecule is O=C1NC(=O)/C(=C\c2cc(Br)ccc2O)N1. The Labute approximate surface area is 99.3 Å². The van der Waals surface area contributed by atoms with Gasteiger partial charge in [-0.15, -0.1) is 0 Å². The highest BCUT2D eigenvalue weighted by Gasteiger charge is 2.23. The summed E-state index contributed by atoms with van der Waals surface area (Å²) in [5.74, 6) is -0.478. The number of carbonyl (C=O) groups is 2. The van der Waals surface area contributed by atoms with Gasteiger partial charge in [0.05, 0.1) is 0 Å². The number of urea groups is 1. The molecule has 1 fully saturated rings. The predicted octanol–water partition coefficient (Wildman–Crippen LogP) is 1.33. The van der Waals surface area contributed by atoms with Crippen LogP contribution in [-0.2, 0) is 4.79 Å². The Morgan fingerprint density at radius 2 is 2.00 bits per heavy atom. The van der Waals surface area contributed by atoms with Crippen LogP contribution in [0, 0.1) is 0 Å². The molecule has 1 aromatic carbocycles. The molecule has 3 amide bonds. The van der Waals surface area contributed by atoms with E-state index >= 15 is 0 Å². The molecule has 1 saturated heterocycles. The van der Waals surface area contributed by atoms with Crippen LogP contribution in [0.5, 0.6) is 5.75 Å². The second-order valence-electron chi connectivity index (χ2n) is 3.17. The van der Waals surface area contributed by atoms with Gasteiger partial charge in [0.25, 0.3) is 5.91 Å². The van der Waals surface area contributed by atoms with E-state index in [0.29, 0.717) is 5.56 Å². The number of phenolic OH excluding ortho intramolecular Hbond substituents is 1. The van der Waals surface area contributed by atoms with Crippen LogP contribution in [-0.4, -0.2) is 17.0 Å². The summed E-state index contributed by atoms with van der Waals surface area (Å²) in [5.41, 5.74) is 0.556. The summed E-state index contributed by atoms with van der Waals surface area (Å²) < 4.78 is 0.766. The van der Waals surface area contributed by atoms with Crippen molar-refractivity contribution in [1.29, 1.82) is 0 Å². The van der Waals surface area contributed by atoms with Crippen molar-refractivity contribution in [2.75, 3.05) is 0 Å². The zero-order valence-electron chi connectivity index (χ0n) is 7.95. The molecule has 0 bridgehead atoms. The average molecular weight is 283 g/mol. The molecule has 2 rings (SSSR count). The van der Waals surface area contributed by atoms with Crippen LogP contribution >= 0.6 is 15.9 Å². The van der Waals surface area contributed by atoms with E-state index in [1.165, 1.54) is 12.1 Å². The highest BCUT2D eigenvalue weighted by Crippen LogP contribution is 2.24. The predicted molar refractivity (Wildman–Crippen MR) is 60.5 cm³/mol. The van der Waals surface area contributed by atoms with Crippen molar-refractivity contribution in [2.24, 2.45) is 0 Å². The smallest absolute Gasteiger partial charge is 0.326 e. The van der Waals surface area contributed by atoms with Crippen LogP contribution in [0.3, 0.4) is 0 Å². The van der Waals surface area contributed by atoms with Gasteiger partial charge in [0.2, 0.25) is 0 Å². The molecule has 16 heavy (non-hydrogen) atoms. The first kappa shape index (κ1) is 10.7. The molecule has 1 aliphatic heterocycles. The minimum atomic E-state index is -0.564. The van der Waals surface area contributed by atoms with Crippen molar-refractivity contribution in [3.8, 4) is 5.75 Å². The van der Waals surface area contributed by atoms with Gasteiger partial charge in [-0.25, -0.2) is 4.79 Å². The van der Waals surface area contributed by atoms with E-state index in [1.54, 1.807) is 12.1 Å². The molecule has 5 nitrogen and oxygen atoms in total. The highest BCUT2D eigenvalue weighted by atomic mass is 79.9. The maximum absolute atomic E-state index is 11.2. The molecule has 6 heteroatoms. The highest BCUT2D eigenvalue weighted by molar-refractivity contribution is 9.10. The molecule has 82 valence electrons. The number of rotatable bonds is 1. The van der Waals surface area contributed by atoms with Gasteiger partial charge in [-0.2, -0.15) is 0 Å². The number of halogens is 1. The molecule has 0 aliphatic carbocycles. The number of aromatic hydroxyl groups is 1. The lowest BCUT2D eigenvalue weighted by Crippen LogP contribution is -2.22. The topological polar surface area (TPSA) is 78.4 Å². The summed E-state index contributed by atoms with van der Waals surface area (Å²) in [4.78, 5) is 22.1. The van der Waals surface area contributed by atoms with Gasteiger partial charge in [0.15, 0.2) is 0 Å². The van der Waals surface area contributed by atoms with Gasteiger partial charge in [0, 0.05) is 10.0 Å².